The lowest BCUT2D eigenvalue weighted by Crippen LogP contribution is -2.35. The second kappa shape index (κ2) is 8.99. The number of esters is 1. The molecule has 0 unspecified atom stereocenters. The first-order valence-electron chi connectivity index (χ1n) is 7.59. The normalized spacial score (nSPS) is 17.2. The summed E-state index contributed by atoms with van der Waals surface area (Å²) in [4.78, 5) is 22.8. The Morgan fingerprint density at radius 1 is 1.30 bits per heavy atom. The van der Waals surface area contributed by atoms with E-state index in [-0.39, 0.29) is 12.6 Å². The van der Waals surface area contributed by atoms with Crippen molar-refractivity contribution in [3.05, 3.63) is 24.3 Å². The van der Waals surface area contributed by atoms with Crippen LogP contribution in [0.3, 0.4) is 0 Å². The van der Waals surface area contributed by atoms with Crippen LogP contribution in [0, 0.1) is 5.92 Å². The Morgan fingerprint density at radius 2 is 2.09 bits per heavy atom. The number of methoxy groups -OCH3 is 1. The fourth-order valence-electron chi connectivity index (χ4n) is 2.22. The first-order valence-corrected chi connectivity index (χ1v) is 7.59. The quantitative estimate of drug-likeness (QED) is 0.780. The molecular formula is C16H22N2O5. The Balaban J connectivity index is 1.71. The lowest BCUT2D eigenvalue weighted by molar-refractivity contribution is -0.142. The van der Waals surface area contributed by atoms with Gasteiger partial charge in [0.1, 0.15) is 5.75 Å². The van der Waals surface area contributed by atoms with E-state index >= 15 is 0 Å². The predicted octanol–water partition coefficient (Wildman–Crippen LogP) is 1.79. The first-order chi connectivity index (χ1) is 11.2. The summed E-state index contributed by atoms with van der Waals surface area (Å²) in [6.45, 7) is 1.97. The van der Waals surface area contributed by atoms with Gasteiger partial charge in [-0.2, -0.15) is 0 Å². The van der Waals surface area contributed by atoms with Gasteiger partial charge in [-0.15, -0.1) is 0 Å². The molecule has 0 saturated carbocycles. The van der Waals surface area contributed by atoms with E-state index in [1.165, 1.54) is 7.11 Å². The Morgan fingerprint density at radius 3 is 2.74 bits per heavy atom. The van der Waals surface area contributed by atoms with E-state index in [0.717, 1.165) is 19.4 Å². The van der Waals surface area contributed by atoms with Gasteiger partial charge < -0.3 is 24.8 Å². The smallest absolute Gasteiger partial charge is 0.343 e. The zero-order valence-corrected chi connectivity index (χ0v) is 13.2. The number of amides is 2. The monoisotopic (exact) mass is 322 g/mol. The summed E-state index contributed by atoms with van der Waals surface area (Å²) in [5.74, 6) is 0.461. The van der Waals surface area contributed by atoms with Gasteiger partial charge in [0.05, 0.1) is 13.7 Å². The summed E-state index contributed by atoms with van der Waals surface area (Å²) in [6, 6.07) is 6.51. The van der Waals surface area contributed by atoms with Crippen molar-refractivity contribution in [3.8, 4) is 5.75 Å². The van der Waals surface area contributed by atoms with Crippen molar-refractivity contribution < 1.29 is 23.8 Å². The van der Waals surface area contributed by atoms with Crippen molar-refractivity contribution in [2.24, 2.45) is 5.92 Å². The standard InChI is InChI=1S/C16H22N2O5/c1-21-15(19)11-23-14-6-4-13(5-7-14)18-16(20)17-9-12-3-2-8-22-10-12/h4-7,12H,2-3,8-11H2,1H3,(H2,17,18,20)/t12-/m0/s1. The topological polar surface area (TPSA) is 85.9 Å². The van der Waals surface area contributed by atoms with Gasteiger partial charge in [-0.25, -0.2) is 9.59 Å². The number of carbonyl (C=O) groups excluding carboxylic acids is 2. The highest BCUT2D eigenvalue weighted by atomic mass is 16.6. The SMILES string of the molecule is COC(=O)COc1ccc(NC(=O)NC[C@@H]2CCCOC2)cc1. The van der Waals surface area contributed by atoms with Crippen LogP contribution in [0.1, 0.15) is 12.8 Å². The highest BCUT2D eigenvalue weighted by Crippen LogP contribution is 2.16. The van der Waals surface area contributed by atoms with Gasteiger partial charge in [0, 0.05) is 18.8 Å². The van der Waals surface area contributed by atoms with Crippen LogP contribution in [-0.4, -0.2) is 45.5 Å². The van der Waals surface area contributed by atoms with Gasteiger partial charge in [-0.05, 0) is 43.0 Å². The predicted molar refractivity (Wildman–Crippen MR) is 84.5 cm³/mol. The molecule has 0 radical (unpaired) electrons. The van der Waals surface area contributed by atoms with Crippen LogP contribution in [0.15, 0.2) is 24.3 Å². The molecule has 23 heavy (non-hydrogen) atoms. The Bertz CT molecular complexity index is 512. The third-order valence-electron chi connectivity index (χ3n) is 3.50. The molecule has 2 N–H and O–H groups in total. The molecule has 0 bridgehead atoms. The Kier molecular flexibility index (Phi) is 6.68. The first kappa shape index (κ1) is 17.1. The van der Waals surface area contributed by atoms with Gasteiger partial charge in [-0.1, -0.05) is 0 Å². The molecule has 1 aliphatic rings. The molecule has 1 aliphatic heterocycles. The lowest BCUT2D eigenvalue weighted by Gasteiger charge is -2.22. The number of anilines is 1. The molecule has 7 nitrogen and oxygen atoms in total. The van der Waals surface area contributed by atoms with Crippen molar-refractivity contribution in [1.29, 1.82) is 0 Å². The van der Waals surface area contributed by atoms with Crippen LogP contribution in [0.2, 0.25) is 0 Å². The Labute approximate surface area is 135 Å². The summed E-state index contributed by atoms with van der Waals surface area (Å²) in [5.41, 5.74) is 0.646. The van der Waals surface area contributed by atoms with Gasteiger partial charge in [0.15, 0.2) is 6.61 Å². The molecule has 7 heteroatoms. The molecule has 1 saturated heterocycles. The molecule has 1 fully saturated rings. The van der Waals surface area contributed by atoms with Crippen molar-refractivity contribution in [3.63, 3.8) is 0 Å². The third-order valence-corrected chi connectivity index (χ3v) is 3.50. The average molecular weight is 322 g/mol. The molecule has 0 aromatic heterocycles. The van der Waals surface area contributed by atoms with E-state index in [0.29, 0.717) is 30.5 Å². The van der Waals surface area contributed by atoms with Crippen LogP contribution in [-0.2, 0) is 14.3 Å². The maximum absolute atomic E-state index is 11.8. The fraction of sp³-hybridized carbons (Fsp3) is 0.500. The molecular weight excluding hydrogens is 300 g/mol. The van der Waals surface area contributed by atoms with Crippen molar-refractivity contribution >= 4 is 17.7 Å². The minimum Gasteiger partial charge on any atom is -0.482 e. The van der Waals surface area contributed by atoms with E-state index < -0.39 is 5.97 Å². The van der Waals surface area contributed by atoms with Crippen LogP contribution < -0.4 is 15.4 Å². The number of nitrogens with one attached hydrogen (secondary N) is 2. The van der Waals surface area contributed by atoms with Crippen LogP contribution in [0.25, 0.3) is 0 Å². The number of ether oxygens (including phenoxy) is 3. The number of hydrogen-bond acceptors (Lipinski definition) is 5. The maximum atomic E-state index is 11.8. The minimum atomic E-state index is -0.446. The maximum Gasteiger partial charge on any atom is 0.343 e. The number of rotatable bonds is 6. The van der Waals surface area contributed by atoms with E-state index in [9.17, 15) is 9.59 Å². The second-order valence-corrected chi connectivity index (χ2v) is 5.31. The van der Waals surface area contributed by atoms with Crippen LogP contribution in [0.5, 0.6) is 5.75 Å². The highest BCUT2D eigenvalue weighted by Gasteiger charge is 2.14. The molecule has 0 spiro atoms. The zero-order chi connectivity index (χ0) is 16.5. The lowest BCUT2D eigenvalue weighted by atomic mass is 10.0. The summed E-state index contributed by atoms with van der Waals surface area (Å²) >= 11 is 0. The van der Waals surface area contributed by atoms with Crippen molar-refractivity contribution in [1.82, 2.24) is 5.32 Å². The summed E-state index contributed by atoms with van der Waals surface area (Å²) in [7, 11) is 1.30. The number of carbonyl (C=O) groups is 2. The molecule has 2 rings (SSSR count). The summed E-state index contributed by atoms with van der Waals surface area (Å²) < 4.78 is 15.1. The number of hydrogen-bond donors (Lipinski definition) is 2. The number of benzene rings is 1. The van der Waals surface area contributed by atoms with E-state index in [1.54, 1.807) is 24.3 Å². The van der Waals surface area contributed by atoms with Crippen molar-refractivity contribution in [2.45, 2.75) is 12.8 Å². The molecule has 2 amide bonds. The van der Waals surface area contributed by atoms with Crippen LogP contribution >= 0.6 is 0 Å². The second-order valence-electron chi connectivity index (χ2n) is 5.31. The Hall–Kier alpha value is -2.28. The average Bonchev–Trinajstić information content (AvgIpc) is 2.60. The van der Waals surface area contributed by atoms with Gasteiger partial charge in [0.2, 0.25) is 0 Å². The van der Waals surface area contributed by atoms with Gasteiger partial charge >= 0.3 is 12.0 Å². The van der Waals surface area contributed by atoms with E-state index in [2.05, 4.69) is 15.4 Å². The molecule has 1 aromatic carbocycles. The summed E-state index contributed by atoms with van der Waals surface area (Å²) in [6.07, 6.45) is 2.12. The molecule has 0 aliphatic carbocycles. The number of urea groups is 1. The molecule has 1 heterocycles. The molecule has 1 aromatic rings. The van der Waals surface area contributed by atoms with E-state index in [1.807, 2.05) is 0 Å². The summed E-state index contributed by atoms with van der Waals surface area (Å²) in [5, 5.41) is 5.59. The highest BCUT2D eigenvalue weighted by molar-refractivity contribution is 5.89. The van der Waals surface area contributed by atoms with Gasteiger partial charge in [-0.3, -0.25) is 0 Å². The molecule has 1 atom stereocenters. The fourth-order valence-corrected chi connectivity index (χ4v) is 2.22. The van der Waals surface area contributed by atoms with Gasteiger partial charge in [0.25, 0.3) is 0 Å². The molecule has 126 valence electrons. The van der Waals surface area contributed by atoms with E-state index in [4.69, 9.17) is 9.47 Å². The van der Waals surface area contributed by atoms with Crippen molar-refractivity contribution in [2.75, 3.05) is 38.8 Å². The zero-order valence-electron chi connectivity index (χ0n) is 13.2. The largest absolute Gasteiger partial charge is 0.482 e. The minimum absolute atomic E-state index is 0.146. The van der Waals surface area contributed by atoms with Crippen LogP contribution in [0.4, 0.5) is 10.5 Å². The third kappa shape index (κ3) is 6.15.